The molecule has 0 spiro atoms. The van der Waals surface area contributed by atoms with Crippen molar-refractivity contribution in [3.63, 3.8) is 0 Å². The highest BCUT2D eigenvalue weighted by Crippen LogP contribution is 2.21. The van der Waals surface area contributed by atoms with Gasteiger partial charge in [-0.3, -0.25) is 0 Å². The van der Waals surface area contributed by atoms with Crippen LogP contribution < -0.4 is 5.73 Å². The maximum atomic E-state index is 5.53. The number of hydrogen-bond acceptors (Lipinski definition) is 3. The monoisotopic (exact) mass is 244 g/mol. The van der Waals surface area contributed by atoms with Crippen LogP contribution in [0.4, 0.5) is 0 Å². The van der Waals surface area contributed by atoms with Crippen LogP contribution in [0, 0.1) is 5.92 Å². The van der Waals surface area contributed by atoms with Crippen LogP contribution in [0.15, 0.2) is 4.73 Å². The number of halogens is 1. The van der Waals surface area contributed by atoms with E-state index in [0.29, 0.717) is 10.7 Å². The molecular formula is C8H13BrN4. The minimum absolute atomic E-state index is 0.702. The lowest BCUT2D eigenvalue weighted by Gasteiger charge is -2.21. The van der Waals surface area contributed by atoms with E-state index in [1.165, 1.54) is 6.42 Å². The summed E-state index contributed by atoms with van der Waals surface area (Å²) in [5.41, 5.74) is 5.53. The molecule has 0 fully saturated rings. The van der Waals surface area contributed by atoms with E-state index >= 15 is 0 Å². The van der Waals surface area contributed by atoms with E-state index in [4.69, 9.17) is 5.73 Å². The van der Waals surface area contributed by atoms with Crippen molar-refractivity contribution in [3.05, 3.63) is 10.6 Å². The van der Waals surface area contributed by atoms with Crippen molar-refractivity contribution in [1.82, 2.24) is 14.8 Å². The Balaban J connectivity index is 2.10. The molecular weight excluding hydrogens is 232 g/mol. The van der Waals surface area contributed by atoms with Gasteiger partial charge in [0.1, 0.15) is 5.82 Å². The first kappa shape index (κ1) is 9.15. The average Bonchev–Trinajstić information content (AvgIpc) is 2.44. The second-order valence-electron chi connectivity index (χ2n) is 3.46. The Labute approximate surface area is 85.6 Å². The van der Waals surface area contributed by atoms with Gasteiger partial charge < -0.3 is 5.73 Å². The van der Waals surface area contributed by atoms with Gasteiger partial charge in [0, 0.05) is 13.0 Å². The Hall–Kier alpha value is -0.420. The molecule has 1 aromatic rings. The lowest BCUT2D eigenvalue weighted by atomic mass is 9.95. The summed E-state index contributed by atoms with van der Waals surface area (Å²) in [4.78, 5) is 4.31. The fraction of sp³-hybridized carbons (Fsp3) is 0.750. The molecule has 0 saturated carbocycles. The molecule has 2 rings (SSSR count). The van der Waals surface area contributed by atoms with Gasteiger partial charge in [-0.2, -0.15) is 0 Å². The molecule has 0 radical (unpaired) electrons. The molecule has 0 saturated heterocycles. The lowest BCUT2D eigenvalue weighted by Crippen LogP contribution is -2.22. The zero-order chi connectivity index (χ0) is 9.26. The highest BCUT2D eigenvalue weighted by Gasteiger charge is 2.20. The van der Waals surface area contributed by atoms with Crippen LogP contribution in [0.3, 0.4) is 0 Å². The molecule has 2 N–H and O–H groups in total. The van der Waals surface area contributed by atoms with Gasteiger partial charge in [0.25, 0.3) is 0 Å². The predicted octanol–water partition coefficient (Wildman–Crippen LogP) is 0.952. The molecule has 5 heteroatoms. The fourth-order valence-corrected chi connectivity index (χ4v) is 2.22. The summed E-state index contributed by atoms with van der Waals surface area (Å²) >= 11 is 3.28. The number of nitrogens with zero attached hydrogens (tertiary/aromatic N) is 3. The lowest BCUT2D eigenvalue weighted by molar-refractivity contribution is 0.348. The summed E-state index contributed by atoms with van der Waals surface area (Å²) in [5, 5.41) is 4.24. The van der Waals surface area contributed by atoms with Crippen molar-refractivity contribution in [1.29, 1.82) is 0 Å². The number of fused-ring (bicyclic) bond motifs is 1. The highest BCUT2D eigenvalue weighted by molar-refractivity contribution is 9.10. The Morgan fingerprint density at radius 1 is 1.62 bits per heavy atom. The zero-order valence-corrected chi connectivity index (χ0v) is 9.00. The Morgan fingerprint density at radius 2 is 2.46 bits per heavy atom. The van der Waals surface area contributed by atoms with Gasteiger partial charge in [0.05, 0.1) is 0 Å². The van der Waals surface area contributed by atoms with Crippen LogP contribution in [0.25, 0.3) is 0 Å². The normalized spacial score (nSPS) is 21.5. The maximum absolute atomic E-state index is 5.53. The summed E-state index contributed by atoms with van der Waals surface area (Å²) in [7, 11) is 0. The number of aryl methyl sites for hydroxylation is 1. The summed E-state index contributed by atoms with van der Waals surface area (Å²) in [5.74, 6) is 1.80. The summed E-state index contributed by atoms with van der Waals surface area (Å²) in [6.45, 7) is 1.76. The van der Waals surface area contributed by atoms with Crippen molar-refractivity contribution in [2.45, 2.75) is 25.8 Å². The third-order valence-corrected chi connectivity index (χ3v) is 2.85. The molecule has 1 aromatic heterocycles. The molecule has 13 heavy (non-hydrogen) atoms. The van der Waals surface area contributed by atoms with E-state index in [0.717, 1.165) is 31.8 Å². The molecule has 0 bridgehead atoms. The first-order valence-corrected chi connectivity index (χ1v) is 5.38. The summed E-state index contributed by atoms with van der Waals surface area (Å²) in [6.07, 6.45) is 3.31. The molecule has 1 atom stereocenters. The predicted molar refractivity (Wildman–Crippen MR) is 53.2 cm³/mol. The number of nitrogens with two attached hydrogens (primary N) is 1. The first-order chi connectivity index (χ1) is 6.29. The second kappa shape index (κ2) is 3.75. The molecule has 0 aliphatic carbocycles. The number of aromatic nitrogens is 3. The van der Waals surface area contributed by atoms with Crippen molar-refractivity contribution in [2.24, 2.45) is 11.7 Å². The van der Waals surface area contributed by atoms with Crippen LogP contribution in [0.2, 0.25) is 0 Å². The van der Waals surface area contributed by atoms with E-state index in [-0.39, 0.29) is 0 Å². The maximum Gasteiger partial charge on any atom is 0.217 e. The fourth-order valence-electron chi connectivity index (χ4n) is 1.82. The zero-order valence-electron chi connectivity index (χ0n) is 7.41. The van der Waals surface area contributed by atoms with Gasteiger partial charge in [-0.1, -0.05) is 0 Å². The largest absolute Gasteiger partial charge is 0.330 e. The van der Waals surface area contributed by atoms with E-state index in [1.54, 1.807) is 0 Å². The van der Waals surface area contributed by atoms with Gasteiger partial charge >= 0.3 is 0 Å². The van der Waals surface area contributed by atoms with Crippen LogP contribution in [-0.4, -0.2) is 21.3 Å². The third-order valence-electron chi connectivity index (χ3n) is 2.52. The van der Waals surface area contributed by atoms with Crippen LogP contribution in [-0.2, 0) is 13.0 Å². The van der Waals surface area contributed by atoms with E-state index in [2.05, 4.69) is 26.0 Å². The Bertz CT molecular complexity index is 296. The molecule has 0 amide bonds. The first-order valence-electron chi connectivity index (χ1n) is 4.59. The van der Waals surface area contributed by atoms with E-state index < -0.39 is 0 Å². The van der Waals surface area contributed by atoms with Crippen LogP contribution in [0.5, 0.6) is 0 Å². The van der Waals surface area contributed by atoms with E-state index in [1.807, 2.05) is 4.68 Å². The van der Waals surface area contributed by atoms with Crippen LogP contribution >= 0.6 is 15.9 Å². The second-order valence-corrected chi connectivity index (χ2v) is 4.17. The van der Waals surface area contributed by atoms with Gasteiger partial charge in [0.2, 0.25) is 4.73 Å². The Morgan fingerprint density at radius 3 is 3.23 bits per heavy atom. The molecule has 72 valence electrons. The van der Waals surface area contributed by atoms with Gasteiger partial charge in [-0.15, -0.1) is 5.10 Å². The highest BCUT2D eigenvalue weighted by atomic mass is 79.9. The smallest absolute Gasteiger partial charge is 0.217 e. The topological polar surface area (TPSA) is 56.7 Å². The van der Waals surface area contributed by atoms with Crippen LogP contribution in [0.1, 0.15) is 18.7 Å². The standard InChI is InChI=1S/C8H13BrN4/c9-8-11-7-5-6(1-3-10)2-4-13(7)12-8/h6H,1-5,10H2. The van der Waals surface area contributed by atoms with Crippen molar-refractivity contribution >= 4 is 15.9 Å². The van der Waals surface area contributed by atoms with Gasteiger partial charge in [-0.25, -0.2) is 9.67 Å². The number of rotatable bonds is 2. The molecule has 1 aliphatic rings. The minimum Gasteiger partial charge on any atom is -0.330 e. The third kappa shape index (κ3) is 1.91. The quantitative estimate of drug-likeness (QED) is 0.843. The summed E-state index contributed by atoms with van der Waals surface area (Å²) < 4.78 is 2.69. The van der Waals surface area contributed by atoms with Crippen molar-refractivity contribution < 1.29 is 0 Å². The Kier molecular flexibility index (Phi) is 2.64. The van der Waals surface area contributed by atoms with Gasteiger partial charge in [0.15, 0.2) is 0 Å². The molecule has 4 nitrogen and oxygen atoms in total. The average molecular weight is 245 g/mol. The molecule has 0 aromatic carbocycles. The molecule has 2 heterocycles. The summed E-state index contributed by atoms with van der Waals surface area (Å²) in [6, 6.07) is 0. The van der Waals surface area contributed by atoms with Crippen molar-refractivity contribution in [3.8, 4) is 0 Å². The van der Waals surface area contributed by atoms with Gasteiger partial charge in [-0.05, 0) is 41.2 Å². The molecule has 1 aliphatic heterocycles. The molecule has 1 unspecified atom stereocenters. The number of hydrogen-bond donors (Lipinski definition) is 1. The van der Waals surface area contributed by atoms with E-state index in [9.17, 15) is 0 Å². The minimum atomic E-state index is 0.702. The van der Waals surface area contributed by atoms with Crippen molar-refractivity contribution in [2.75, 3.05) is 6.54 Å². The SMILES string of the molecule is NCCC1CCn2nc(Br)nc2C1.